The molecule has 106 valence electrons. The van der Waals surface area contributed by atoms with Crippen molar-refractivity contribution in [2.45, 2.75) is 13.1 Å². The Labute approximate surface area is 113 Å². The van der Waals surface area contributed by atoms with E-state index in [1.165, 1.54) is 32.4 Å². The maximum absolute atomic E-state index is 12.9. The molecule has 1 heterocycles. The van der Waals surface area contributed by atoms with Crippen molar-refractivity contribution in [1.82, 2.24) is 0 Å². The molecule has 1 aromatic carbocycles. The fourth-order valence-electron chi connectivity index (χ4n) is 1.93. The summed E-state index contributed by atoms with van der Waals surface area (Å²) in [6, 6.07) is 5.08. The molecule has 0 N–H and O–H groups in total. The summed E-state index contributed by atoms with van der Waals surface area (Å²) in [7, 11) is 1.17. The average molecular weight is 284 g/mol. The van der Waals surface area contributed by atoms with Crippen LogP contribution in [-0.2, 0) is 10.9 Å². The van der Waals surface area contributed by atoms with E-state index in [1.54, 1.807) is 0 Å². The third-order valence-corrected chi connectivity index (χ3v) is 2.86. The second-order valence-electron chi connectivity index (χ2n) is 4.18. The Hall–Kier alpha value is -2.24. The van der Waals surface area contributed by atoms with Crippen molar-refractivity contribution in [3.63, 3.8) is 0 Å². The number of halogens is 3. The molecule has 0 saturated carbocycles. The number of methoxy groups -OCH3 is 1. The Balaban J connectivity index is 2.71. The topological polar surface area (TPSA) is 39.4 Å². The van der Waals surface area contributed by atoms with Crippen LogP contribution >= 0.6 is 0 Å². The highest BCUT2D eigenvalue weighted by Gasteiger charge is 2.34. The summed E-state index contributed by atoms with van der Waals surface area (Å²) < 4.78 is 48.5. The summed E-state index contributed by atoms with van der Waals surface area (Å²) in [4.78, 5) is 11.7. The molecule has 0 atom stereocenters. The van der Waals surface area contributed by atoms with Gasteiger partial charge in [0.25, 0.3) is 0 Å². The molecule has 3 nitrogen and oxygen atoms in total. The third kappa shape index (κ3) is 2.54. The van der Waals surface area contributed by atoms with Gasteiger partial charge in [-0.15, -0.1) is 0 Å². The fourth-order valence-corrected chi connectivity index (χ4v) is 1.93. The summed E-state index contributed by atoms with van der Waals surface area (Å²) >= 11 is 0. The van der Waals surface area contributed by atoms with Gasteiger partial charge in [0.15, 0.2) is 0 Å². The van der Waals surface area contributed by atoms with E-state index in [4.69, 9.17) is 4.42 Å². The smallest absolute Gasteiger partial charge is 0.416 e. The second kappa shape index (κ2) is 5.03. The number of rotatable bonds is 2. The minimum atomic E-state index is -4.50. The van der Waals surface area contributed by atoms with Crippen molar-refractivity contribution in [3.8, 4) is 11.3 Å². The predicted octanol–water partition coefficient (Wildman–Crippen LogP) is 4.06. The van der Waals surface area contributed by atoms with Crippen LogP contribution < -0.4 is 0 Å². The molecule has 0 radical (unpaired) electrons. The van der Waals surface area contributed by atoms with Crippen LogP contribution in [-0.4, -0.2) is 13.1 Å². The van der Waals surface area contributed by atoms with Crippen LogP contribution in [0.25, 0.3) is 11.3 Å². The van der Waals surface area contributed by atoms with Crippen molar-refractivity contribution < 1.29 is 27.1 Å². The van der Waals surface area contributed by atoms with Crippen molar-refractivity contribution in [1.29, 1.82) is 0 Å². The number of carbonyl (C=O) groups is 1. The molecular weight excluding hydrogens is 273 g/mol. The number of alkyl halides is 3. The summed E-state index contributed by atoms with van der Waals surface area (Å²) in [5, 5.41) is 0. The number of hydrogen-bond donors (Lipinski definition) is 0. The molecule has 1 aromatic heterocycles. The minimum absolute atomic E-state index is 0.0351. The standard InChI is InChI=1S/C14H11F3O3/c1-8-6-10(13(18)19-2)9(12-4-3-5-20-12)7-11(8)14(15,16)17/h3-7H,1-2H3. The largest absolute Gasteiger partial charge is 0.465 e. The van der Waals surface area contributed by atoms with Crippen LogP contribution in [0.1, 0.15) is 21.5 Å². The first kappa shape index (κ1) is 14.2. The van der Waals surface area contributed by atoms with Crippen LogP contribution in [0.5, 0.6) is 0 Å². The van der Waals surface area contributed by atoms with Gasteiger partial charge in [-0.05, 0) is 36.8 Å². The van der Waals surface area contributed by atoms with Gasteiger partial charge in [-0.25, -0.2) is 4.79 Å². The Kier molecular flexibility index (Phi) is 3.57. The maximum atomic E-state index is 12.9. The first-order chi connectivity index (χ1) is 9.34. The molecule has 2 rings (SSSR count). The number of aryl methyl sites for hydroxylation is 1. The maximum Gasteiger partial charge on any atom is 0.416 e. The molecule has 0 bridgehead atoms. The van der Waals surface area contributed by atoms with Gasteiger partial charge in [0.05, 0.1) is 24.5 Å². The quantitative estimate of drug-likeness (QED) is 0.781. The lowest BCUT2D eigenvalue weighted by Crippen LogP contribution is -2.11. The van der Waals surface area contributed by atoms with Crippen LogP contribution in [0.4, 0.5) is 13.2 Å². The van der Waals surface area contributed by atoms with E-state index in [2.05, 4.69) is 4.74 Å². The third-order valence-electron chi connectivity index (χ3n) is 2.86. The van der Waals surface area contributed by atoms with Crippen molar-refractivity contribution in [2.75, 3.05) is 7.11 Å². The van der Waals surface area contributed by atoms with Gasteiger partial charge >= 0.3 is 12.1 Å². The fraction of sp³-hybridized carbons (Fsp3) is 0.214. The number of furan rings is 1. The zero-order valence-electron chi connectivity index (χ0n) is 10.7. The van der Waals surface area contributed by atoms with E-state index < -0.39 is 17.7 Å². The van der Waals surface area contributed by atoms with Crippen LogP contribution in [0.3, 0.4) is 0 Å². The summed E-state index contributed by atoms with van der Waals surface area (Å²) in [6.07, 6.45) is -3.18. The number of benzene rings is 1. The Bertz CT molecular complexity index is 628. The molecule has 0 aliphatic rings. The Morgan fingerprint density at radius 1 is 1.30 bits per heavy atom. The van der Waals surface area contributed by atoms with Crippen LogP contribution in [0.2, 0.25) is 0 Å². The molecule has 0 aliphatic carbocycles. The molecule has 0 unspecified atom stereocenters. The van der Waals surface area contributed by atoms with E-state index in [9.17, 15) is 18.0 Å². The number of esters is 1. The van der Waals surface area contributed by atoms with Gasteiger partial charge in [0, 0.05) is 5.56 Å². The van der Waals surface area contributed by atoms with Crippen LogP contribution in [0.15, 0.2) is 34.9 Å². The first-order valence-electron chi connectivity index (χ1n) is 5.68. The van der Waals surface area contributed by atoms with Crippen molar-refractivity contribution in [3.05, 3.63) is 47.2 Å². The average Bonchev–Trinajstić information content (AvgIpc) is 2.89. The molecule has 0 fully saturated rings. The molecule has 0 amide bonds. The molecular formula is C14H11F3O3. The SMILES string of the molecule is COC(=O)c1cc(C)c(C(F)(F)F)cc1-c1ccco1. The highest BCUT2D eigenvalue weighted by Crippen LogP contribution is 2.36. The highest BCUT2D eigenvalue weighted by molar-refractivity contribution is 5.97. The predicted molar refractivity (Wildman–Crippen MR) is 65.2 cm³/mol. The van der Waals surface area contributed by atoms with Gasteiger partial charge in [0.1, 0.15) is 5.76 Å². The van der Waals surface area contributed by atoms with E-state index in [0.29, 0.717) is 0 Å². The first-order valence-corrected chi connectivity index (χ1v) is 5.68. The van der Waals surface area contributed by atoms with Gasteiger partial charge in [-0.1, -0.05) is 0 Å². The minimum Gasteiger partial charge on any atom is -0.465 e. The molecule has 0 saturated heterocycles. The number of hydrogen-bond acceptors (Lipinski definition) is 3. The zero-order valence-corrected chi connectivity index (χ0v) is 10.7. The summed E-state index contributed by atoms with van der Waals surface area (Å²) in [5.41, 5.74) is -0.766. The highest BCUT2D eigenvalue weighted by atomic mass is 19.4. The van der Waals surface area contributed by atoms with E-state index >= 15 is 0 Å². The zero-order chi connectivity index (χ0) is 14.9. The summed E-state index contributed by atoms with van der Waals surface area (Å²) in [5.74, 6) is -0.538. The summed E-state index contributed by atoms with van der Waals surface area (Å²) in [6.45, 7) is 1.29. The molecule has 6 heteroatoms. The van der Waals surface area contributed by atoms with E-state index in [-0.39, 0.29) is 22.5 Å². The number of ether oxygens (including phenoxy) is 1. The lowest BCUT2D eigenvalue weighted by molar-refractivity contribution is -0.138. The van der Waals surface area contributed by atoms with E-state index in [1.807, 2.05) is 0 Å². The molecule has 2 aromatic rings. The molecule has 20 heavy (non-hydrogen) atoms. The lowest BCUT2D eigenvalue weighted by Gasteiger charge is -2.14. The second-order valence-corrected chi connectivity index (χ2v) is 4.18. The normalized spacial score (nSPS) is 11.4. The van der Waals surface area contributed by atoms with Crippen LogP contribution in [0, 0.1) is 6.92 Å². The van der Waals surface area contributed by atoms with Crippen molar-refractivity contribution >= 4 is 5.97 Å². The van der Waals surface area contributed by atoms with Gasteiger partial charge in [-0.3, -0.25) is 0 Å². The van der Waals surface area contributed by atoms with Crippen molar-refractivity contribution in [2.24, 2.45) is 0 Å². The monoisotopic (exact) mass is 284 g/mol. The van der Waals surface area contributed by atoms with Gasteiger partial charge < -0.3 is 9.15 Å². The van der Waals surface area contributed by atoms with E-state index in [0.717, 1.165) is 12.1 Å². The molecule has 0 spiro atoms. The van der Waals surface area contributed by atoms with Gasteiger partial charge in [0.2, 0.25) is 0 Å². The Morgan fingerprint density at radius 2 is 2.00 bits per heavy atom. The Morgan fingerprint density at radius 3 is 2.50 bits per heavy atom. The lowest BCUT2D eigenvalue weighted by atomic mass is 9.97. The number of carbonyl (C=O) groups excluding carboxylic acids is 1. The molecule has 0 aliphatic heterocycles. The van der Waals surface area contributed by atoms with Gasteiger partial charge in [-0.2, -0.15) is 13.2 Å².